The largest absolute Gasteiger partial charge is 0.483 e. The predicted molar refractivity (Wildman–Crippen MR) is 109 cm³/mol. The lowest BCUT2D eigenvalue weighted by Crippen LogP contribution is -2.31. The highest BCUT2D eigenvalue weighted by Crippen LogP contribution is 2.21. The smallest absolute Gasteiger partial charge is 0.337 e. The summed E-state index contributed by atoms with van der Waals surface area (Å²) in [6.07, 6.45) is 0. The van der Waals surface area contributed by atoms with Crippen LogP contribution in [-0.2, 0) is 9.53 Å². The van der Waals surface area contributed by atoms with Crippen molar-refractivity contribution in [1.82, 2.24) is 5.32 Å². The first kappa shape index (κ1) is 19.4. The van der Waals surface area contributed by atoms with Crippen LogP contribution >= 0.6 is 0 Å². The maximum Gasteiger partial charge on any atom is 0.337 e. The number of hydrogen-bond donors (Lipinski definition) is 1. The van der Waals surface area contributed by atoms with Gasteiger partial charge in [0.25, 0.3) is 5.91 Å². The molecule has 1 amide bonds. The van der Waals surface area contributed by atoms with Crippen molar-refractivity contribution in [2.45, 2.75) is 19.9 Å². The number of nitrogens with one attached hydrogen (secondary N) is 1. The van der Waals surface area contributed by atoms with Gasteiger partial charge in [0.1, 0.15) is 5.75 Å². The first-order valence-electron chi connectivity index (χ1n) is 9.08. The van der Waals surface area contributed by atoms with Crippen LogP contribution in [0.3, 0.4) is 0 Å². The summed E-state index contributed by atoms with van der Waals surface area (Å²) >= 11 is 0. The van der Waals surface area contributed by atoms with Gasteiger partial charge in [-0.25, -0.2) is 4.79 Å². The summed E-state index contributed by atoms with van der Waals surface area (Å²) in [5.41, 5.74) is 2.24. The van der Waals surface area contributed by atoms with E-state index in [1.807, 2.05) is 44.2 Å². The van der Waals surface area contributed by atoms with Crippen LogP contribution in [0, 0.1) is 6.92 Å². The number of ether oxygens (including phenoxy) is 2. The molecule has 3 aromatic carbocycles. The SMILES string of the molecule is COC(=O)c1ccc(C)c(OCC(=O)N[C@H](C)c2ccc3ccccc3c2)c1. The van der Waals surface area contributed by atoms with Gasteiger partial charge >= 0.3 is 5.97 Å². The number of methoxy groups -OCH3 is 1. The van der Waals surface area contributed by atoms with Gasteiger partial charge in [0.05, 0.1) is 18.7 Å². The minimum atomic E-state index is -0.445. The fourth-order valence-electron chi connectivity index (χ4n) is 2.99. The Kier molecular flexibility index (Phi) is 5.94. The number of benzene rings is 3. The van der Waals surface area contributed by atoms with Crippen molar-refractivity contribution in [3.63, 3.8) is 0 Å². The topological polar surface area (TPSA) is 64.6 Å². The molecule has 0 fully saturated rings. The van der Waals surface area contributed by atoms with E-state index < -0.39 is 5.97 Å². The Balaban J connectivity index is 1.62. The molecule has 1 N–H and O–H groups in total. The number of carbonyl (C=O) groups is 2. The molecule has 0 aliphatic heterocycles. The highest BCUT2D eigenvalue weighted by atomic mass is 16.5. The molecule has 28 heavy (non-hydrogen) atoms. The minimum Gasteiger partial charge on any atom is -0.483 e. The number of hydrogen-bond acceptors (Lipinski definition) is 4. The molecule has 0 unspecified atom stereocenters. The van der Waals surface area contributed by atoms with Crippen molar-refractivity contribution >= 4 is 22.6 Å². The minimum absolute atomic E-state index is 0.136. The zero-order valence-corrected chi connectivity index (χ0v) is 16.2. The second-order valence-corrected chi connectivity index (χ2v) is 6.66. The van der Waals surface area contributed by atoms with Gasteiger partial charge < -0.3 is 14.8 Å². The molecule has 0 saturated carbocycles. The lowest BCUT2D eigenvalue weighted by atomic mass is 10.0. The second kappa shape index (κ2) is 8.57. The molecule has 0 saturated heterocycles. The zero-order valence-electron chi connectivity index (χ0n) is 16.2. The van der Waals surface area contributed by atoms with Gasteiger partial charge in [-0.05, 0) is 53.9 Å². The first-order chi connectivity index (χ1) is 13.5. The van der Waals surface area contributed by atoms with Gasteiger partial charge in [-0.3, -0.25) is 4.79 Å². The Labute approximate surface area is 164 Å². The Morgan fingerprint density at radius 3 is 2.50 bits per heavy atom. The highest BCUT2D eigenvalue weighted by Gasteiger charge is 2.13. The predicted octanol–water partition coefficient (Wildman–Crippen LogP) is 4.19. The van der Waals surface area contributed by atoms with Gasteiger partial charge in [-0.2, -0.15) is 0 Å². The number of amides is 1. The molecule has 0 radical (unpaired) electrons. The summed E-state index contributed by atoms with van der Waals surface area (Å²) in [4.78, 5) is 24.0. The Morgan fingerprint density at radius 2 is 1.75 bits per heavy atom. The van der Waals surface area contributed by atoms with Crippen LogP contribution in [0.2, 0.25) is 0 Å². The summed E-state index contributed by atoms with van der Waals surface area (Å²) < 4.78 is 10.3. The van der Waals surface area contributed by atoms with Crippen molar-refractivity contribution in [2.75, 3.05) is 13.7 Å². The molecular formula is C23H23NO4. The van der Waals surface area contributed by atoms with E-state index in [2.05, 4.69) is 17.4 Å². The van der Waals surface area contributed by atoms with Crippen LogP contribution in [-0.4, -0.2) is 25.6 Å². The molecule has 0 heterocycles. The molecule has 1 atom stereocenters. The van der Waals surface area contributed by atoms with E-state index in [9.17, 15) is 9.59 Å². The number of esters is 1. The first-order valence-corrected chi connectivity index (χ1v) is 9.08. The summed E-state index contributed by atoms with van der Waals surface area (Å²) in [6.45, 7) is 3.65. The van der Waals surface area contributed by atoms with Gasteiger partial charge in [-0.1, -0.05) is 42.5 Å². The van der Waals surface area contributed by atoms with Crippen LogP contribution < -0.4 is 10.1 Å². The van der Waals surface area contributed by atoms with Crippen molar-refractivity contribution < 1.29 is 19.1 Å². The van der Waals surface area contributed by atoms with E-state index in [0.717, 1.165) is 21.9 Å². The van der Waals surface area contributed by atoms with Gasteiger partial charge in [0.2, 0.25) is 0 Å². The van der Waals surface area contributed by atoms with Crippen molar-refractivity contribution in [3.05, 3.63) is 77.4 Å². The molecule has 5 nitrogen and oxygen atoms in total. The maximum absolute atomic E-state index is 12.3. The van der Waals surface area contributed by atoms with Crippen molar-refractivity contribution in [3.8, 4) is 5.75 Å². The molecule has 0 bridgehead atoms. The molecule has 0 aliphatic rings. The summed E-state index contributed by atoms with van der Waals surface area (Å²) in [7, 11) is 1.32. The van der Waals surface area contributed by atoms with E-state index in [1.54, 1.807) is 18.2 Å². The molecule has 3 aromatic rings. The average Bonchev–Trinajstić information content (AvgIpc) is 2.72. The molecular weight excluding hydrogens is 354 g/mol. The normalized spacial score (nSPS) is 11.7. The van der Waals surface area contributed by atoms with Gasteiger partial charge in [0.15, 0.2) is 6.61 Å². The number of aryl methyl sites for hydroxylation is 1. The molecule has 144 valence electrons. The van der Waals surface area contributed by atoms with Crippen LogP contribution in [0.1, 0.15) is 34.5 Å². The molecule has 5 heteroatoms. The maximum atomic E-state index is 12.3. The average molecular weight is 377 g/mol. The standard InChI is InChI=1S/C23H23NO4/c1-15-8-9-20(23(26)27-3)13-21(15)28-14-22(25)24-16(2)18-11-10-17-6-4-5-7-19(17)12-18/h4-13,16H,14H2,1-3H3,(H,24,25)/t16-/m1/s1. The number of rotatable bonds is 6. The van der Waals surface area contributed by atoms with E-state index in [1.165, 1.54) is 7.11 Å². The lowest BCUT2D eigenvalue weighted by Gasteiger charge is -2.16. The second-order valence-electron chi connectivity index (χ2n) is 6.66. The third kappa shape index (κ3) is 4.49. The zero-order chi connectivity index (χ0) is 20.1. The van der Waals surface area contributed by atoms with Crippen LogP contribution in [0.5, 0.6) is 5.75 Å². The number of carbonyl (C=O) groups excluding carboxylic acids is 2. The fourth-order valence-corrected chi connectivity index (χ4v) is 2.99. The Morgan fingerprint density at radius 1 is 1.00 bits per heavy atom. The quantitative estimate of drug-likeness (QED) is 0.654. The summed E-state index contributed by atoms with van der Waals surface area (Å²) in [6, 6.07) is 19.1. The summed E-state index contributed by atoms with van der Waals surface area (Å²) in [5, 5.41) is 5.24. The van der Waals surface area contributed by atoms with E-state index in [0.29, 0.717) is 11.3 Å². The summed E-state index contributed by atoms with van der Waals surface area (Å²) in [5.74, 6) is -0.195. The van der Waals surface area contributed by atoms with Crippen LogP contribution in [0.4, 0.5) is 0 Å². The third-order valence-electron chi connectivity index (χ3n) is 4.62. The fraction of sp³-hybridized carbons (Fsp3) is 0.217. The Bertz CT molecular complexity index is 1010. The molecule has 3 rings (SSSR count). The van der Waals surface area contributed by atoms with E-state index in [4.69, 9.17) is 9.47 Å². The van der Waals surface area contributed by atoms with Crippen LogP contribution in [0.15, 0.2) is 60.7 Å². The Hall–Kier alpha value is -3.34. The lowest BCUT2D eigenvalue weighted by molar-refractivity contribution is -0.123. The van der Waals surface area contributed by atoms with Crippen molar-refractivity contribution in [2.24, 2.45) is 0 Å². The monoisotopic (exact) mass is 377 g/mol. The third-order valence-corrected chi connectivity index (χ3v) is 4.62. The van der Waals surface area contributed by atoms with Crippen molar-refractivity contribution in [1.29, 1.82) is 0 Å². The number of fused-ring (bicyclic) bond motifs is 1. The van der Waals surface area contributed by atoms with Gasteiger partial charge in [-0.15, -0.1) is 0 Å². The van der Waals surface area contributed by atoms with E-state index in [-0.39, 0.29) is 18.6 Å². The van der Waals surface area contributed by atoms with Crippen LogP contribution in [0.25, 0.3) is 10.8 Å². The molecule has 0 aliphatic carbocycles. The highest BCUT2D eigenvalue weighted by molar-refractivity contribution is 5.90. The molecule has 0 aromatic heterocycles. The van der Waals surface area contributed by atoms with E-state index >= 15 is 0 Å². The van der Waals surface area contributed by atoms with Gasteiger partial charge in [0, 0.05) is 0 Å². The molecule has 0 spiro atoms.